The molecule has 1 aromatic carbocycles. The van der Waals surface area contributed by atoms with Gasteiger partial charge in [-0.3, -0.25) is 4.72 Å². The standard InChI is InChI=1S/C11H12N3O2S/c1-9-12-11(8-14(9)2)17(15,16)13-10-6-4-3-5-7-10/h4-8,13H,1-2H3. The van der Waals surface area contributed by atoms with Crippen LogP contribution in [0, 0.1) is 13.0 Å². The molecule has 0 aliphatic rings. The summed E-state index contributed by atoms with van der Waals surface area (Å²) in [6, 6.07) is 9.36. The van der Waals surface area contributed by atoms with Gasteiger partial charge in [0.1, 0.15) is 5.82 Å². The van der Waals surface area contributed by atoms with Crippen molar-refractivity contribution in [3.05, 3.63) is 42.4 Å². The van der Waals surface area contributed by atoms with E-state index in [-0.39, 0.29) is 5.03 Å². The highest BCUT2D eigenvalue weighted by Gasteiger charge is 2.18. The molecule has 0 saturated heterocycles. The molecule has 17 heavy (non-hydrogen) atoms. The lowest BCUT2D eigenvalue weighted by Gasteiger charge is -2.04. The first-order valence-corrected chi connectivity index (χ1v) is 6.46. The summed E-state index contributed by atoms with van der Waals surface area (Å²) in [6.45, 7) is 1.75. The number of hydrogen-bond acceptors (Lipinski definition) is 3. The van der Waals surface area contributed by atoms with Crippen LogP contribution in [-0.2, 0) is 17.1 Å². The summed E-state index contributed by atoms with van der Waals surface area (Å²) in [4.78, 5) is 3.98. The number of anilines is 1. The van der Waals surface area contributed by atoms with E-state index in [1.54, 1.807) is 42.8 Å². The number of aryl methyl sites for hydroxylation is 2. The van der Waals surface area contributed by atoms with Gasteiger partial charge in [-0.1, -0.05) is 12.1 Å². The molecule has 0 bridgehead atoms. The van der Waals surface area contributed by atoms with Crippen LogP contribution in [0.25, 0.3) is 0 Å². The summed E-state index contributed by atoms with van der Waals surface area (Å²) in [5.41, 5.74) is 0.493. The molecule has 0 aliphatic heterocycles. The molecule has 89 valence electrons. The maximum Gasteiger partial charge on any atom is 0.280 e. The first-order chi connectivity index (χ1) is 7.99. The van der Waals surface area contributed by atoms with E-state index in [2.05, 4.69) is 15.8 Å². The van der Waals surface area contributed by atoms with Crippen LogP contribution in [0.3, 0.4) is 0 Å². The Morgan fingerprint density at radius 2 is 2.00 bits per heavy atom. The van der Waals surface area contributed by atoms with Crippen molar-refractivity contribution in [3.63, 3.8) is 0 Å². The molecule has 0 amide bonds. The van der Waals surface area contributed by atoms with Gasteiger partial charge in [0.25, 0.3) is 10.0 Å². The molecule has 2 rings (SSSR count). The van der Waals surface area contributed by atoms with E-state index in [4.69, 9.17) is 0 Å². The third-order valence-electron chi connectivity index (χ3n) is 2.33. The van der Waals surface area contributed by atoms with Gasteiger partial charge in [0.05, 0.1) is 0 Å². The summed E-state index contributed by atoms with van der Waals surface area (Å²) >= 11 is 0. The minimum Gasteiger partial charge on any atom is -0.337 e. The van der Waals surface area contributed by atoms with Gasteiger partial charge < -0.3 is 4.57 Å². The van der Waals surface area contributed by atoms with E-state index in [0.29, 0.717) is 11.5 Å². The van der Waals surface area contributed by atoms with Gasteiger partial charge in [0, 0.05) is 18.9 Å². The van der Waals surface area contributed by atoms with Gasteiger partial charge in [-0.25, -0.2) is 4.98 Å². The summed E-state index contributed by atoms with van der Waals surface area (Å²) < 4.78 is 28.1. The molecular formula is C11H12N3O2S. The van der Waals surface area contributed by atoms with Crippen LogP contribution in [0.2, 0.25) is 0 Å². The molecule has 1 heterocycles. The van der Waals surface area contributed by atoms with Gasteiger partial charge in [-0.05, 0) is 25.1 Å². The second kappa shape index (κ2) is 4.21. The van der Waals surface area contributed by atoms with Crippen molar-refractivity contribution in [1.29, 1.82) is 0 Å². The van der Waals surface area contributed by atoms with Crippen LogP contribution in [0.4, 0.5) is 5.69 Å². The fraction of sp³-hybridized carbons (Fsp3) is 0.182. The fourth-order valence-electron chi connectivity index (χ4n) is 1.32. The van der Waals surface area contributed by atoms with E-state index in [1.807, 2.05) is 0 Å². The van der Waals surface area contributed by atoms with Gasteiger partial charge in [-0.15, -0.1) is 0 Å². The number of nitrogens with one attached hydrogen (secondary N) is 1. The number of sulfonamides is 1. The molecule has 1 N–H and O–H groups in total. The molecule has 2 aromatic rings. The maximum absolute atomic E-state index is 12.0. The molecule has 0 saturated carbocycles. The Labute approximate surface area is 100 Å². The SMILES string of the molecule is Cc1nc(S(=O)(=O)Nc2cc[c]cc2)cn1C. The second-order valence-corrected chi connectivity index (χ2v) is 5.26. The Morgan fingerprint density at radius 3 is 2.53 bits per heavy atom. The highest BCUT2D eigenvalue weighted by molar-refractivity contribution is 7.92. The smallest absolute Gasteiger partial charge is 0.280 e. The van der Waals surface area contributed by atoms with Crippen molar-refractivity contribution in [2.24, 2.45) is 7.05 Å². The minimum absolute atomic E-state index is 0.0188. The Bertz CT molecular complexity index is 598. The normalized spacial score (nSPS) is 11.4. The quantitative estimate of drug-likeness (QED) is 0.893. The number of rotatable bonds is 3. The van der Waals surface area contributed by atoms with Crippen molar-refractivity contribution < 1.29 is 8.42 Å². The van der Waals surface area contributed by atoms with E-state index in [9.17, 15) is 8.42 Å². The van der Waals surface area contributed by atoms with E-state index in [0.717, 1.165) is 0 Å². The third-order valence-corrected chi connectivity index (χ3v) is 3.58. The van der Waals surface area contributed by atoms with Gasteiger partial charge in [-0.2, -0.15) is 8.42 Å². The molecule has 0 fully saturated rings. The highest BCUT2D eigenvalue weighted by atomic mass is 32.2. The fourth-order valence-corrected chi connectivity index (χ4v) is 2.42. The van der Waals surface area contributed by atoms with Gasteiger partial charge >= 0.3 is 0 Å². The largest absolute Gasteiger partial charge is 0.337 e. The van der Waals surface area contributed by atoms with Crippen molar-refractivity contribution in [2.75, 3.05) is 4.72 Å². The first kappa shape index (κ1) is 11.7. The average Bonchev–Trinajstić information content (AvgIpc) is 2.61. The van der Waals surface area contributed by atoms with Gasteiger partial charge in [0.2, 0.25) is 0 Å². The lowest BCUT2D eigenvalue weighted by atomic mass is 10.3. The van der Waals surface area contributed by atoms with Crippen LogP contribution in [0.1, 0.15) is 5.82 Å². The average molecular weight is 250 g/mol. The number of aromatic nitrogens is 2. The van der Waals surface area contributed by atoms with E-state index < -0.39 is 10.0 Å². The molecule has 1 aromatic heterocycles. The van der Waals surface area contributed by atoms with Crippen molar-refractivity contribution in [3.8, 4) is 0 Å². The predicted octanol–water partition coefficient (Wildman–Crippen LogP) is 1.33. The molecule has 0 spiro atoms. The third kappa shape index (κ3) is 2.47. The molecule has 5 nitrogen and oxygen atoms in total. The van der Waals surface area contributed by atoms with Crippen LogP contribution >= 0.6 is 0 Å². The second-order valence-electron chi connectivity index (χ2n) is 3.63. The predicted molar refractivity (Wildman–Crippen MR) is 64.0 cm³/mol. The Balaban J connectivity index is 2.32. The van der Waals surface area contributed by atoms with Crippen LogP contribution in [0.15, 0.2) is 35.5 Å². The first-order valence-electron chi connectivity index (χ1n) is 4.98. The van der Waals surface area contributed by atoms with Crippen LogP contribution in [-0.4, -0.2) is 18.0 Å². The molecule has 0 atom stereocenters. The number of nitrogens with zero attached hydrogens (tertiary/aromatic N) is 2. The molecule has 6 heteroatoms. The summed E-state index contributed by atoms with van der Waals surface area (Å²) in [6.07, 6.45) is 1.48. The molecule has 0 aliphatic carbocycles. The van der Waals surface area contributed by atoms with E-state index in [1.165, 1.54) is 6.20 Å². The lowest BCUT2D eigenvalue weighted by Crippen LogP contribution is -2.13. The number of benzene rings is 1. The molecule has 1 radical (unpaired) electrons. The Morgan fingerprint density at radius 1 is 1.35 bits per heavy atom. The summed E-state index contributed by atoms with van der Waals surface area (Å²) in [5.74, 6) is 0.645. The Kier molecular flexibility index (Phi) is 2.89. The molecule has 0 unspecified atom stereocenters. The Hall–Kier alpha value is -1.82. The topological polar surface area (TPSA) is 64.0 Å². The van der Waals surface area contributed by atoms with Crippen LogP contribution in [0.5, 0.6) is 0 Å². The van der Waals surface area contributed by atoms with Gasteiger partial charge in [0.15, 0.2) is 5.03 Å². The summed E-state index contributed by atoms with van der Waals surface area (Å²) in [7, 11) is -1.86. The number of hydrogen-bond donors (Lipinski definition) is 1. The van der Waals surface area contributed by atoms with Crippen molar-refractivity contribution >= 4 is 15.7 Å². The zero-order valence-corrected chi connectivity index (χ0v) is 10.3. The highest BCUT2D eigenvalue weighted by Crippen LogP contribution is 2.14. The zero-order valence-electron chi connectivity index (χ0n) is 9.51. The monoisotopic (exact) mass is 250 g/mol. The minimum atomic E-state index is -3.61. The van der Waals surface area contributed by atoms with Crippen molar-refractivity contribution in [1.82, 2.24) is 9.55 Å². The van der Waals surface area contributed by atoms with Crippen molar-refractivity contribution in [2.45, 2.75) is 11.9 Å². The molecular weight excluding hydrogens is 238 g/mol. The summed E-state index contributed by atoms with van der Waals surface area (Å²) in [5, 5.41) is 0.0188. The zero-order chi connectivity index (χ0) is 12.5. The number of imidazole rings is 1. The maximum atomic E-state index is 12.0. The van der Waals surface area contributed by atoms with Crippen LogP contribution < -0.4 is 4.72 Å². The van der Waals surface area contributed by atoms with E-state index >= 15 is 0 Å². The lowest BCUT2D eigenvalue weighted by molar-refractivity contribution is 0.598.